The average Bonchev–Trinajstić information content (AvgIpc) is 2.83. The van der Waals surface area contributed by atoms with Gasteiger partial charge >= 0.3 is 0 Å². The molecule has 1 atom stereocenters. The number of ether oxygens (including phenoxy) is 1. The minimum atomic E-state index is -0.465. The predicted octanol–water partition coefficient (Wildman–Crippen LogP) is 2.39. The molecule has 26 heavy (non-hydrogen) atoms. The van der Waals surface area contributed by atoms with Gasteiger partial charge in [0.15, 0.2) is 6.61 Å². The number of amides is 2. The Morgan fingerprint density at radius 2 is 1.88 bits per heavy atom. The van der Waals surface area contributed by atoms with Crippen LogP contribution in [0.5, 0.6) is 5.75 Å². The first-order valence-electron chi connectivity index (χ1n) is 8.97. The van der Waals surface area contributed by atoms with E-state index in [0.717, 1.165) is 18.4 Å². The number of hydrogen-bond acceptors (Lipinski definition) is 3. The third-order valence-electron chi connectivity index (χ3n) is 4.60. The summed E-state index contributed by atoms with van der Waals surface area (Å²) in [6, 6.07) is 17.4. The van der Waals surface area contributed by atoms with E-state index in [1.165, 1.54) is 5.56 Å². The lowest BCUT2D eigenvalue weighted by Crippen LogP contribution is -2.47. The van der Waals surface area contributed by atoms with E-state index >= 15 is 0 Å². The Hall–Kier alpha value is -2.82. The fraction of sp³-hybridized carbons (Fsp3) is 0.333. The molecule has 5 nitrogen and oxygen atoms in total. The molecule has 1 aliphatic rings. The number of carbonyl (C=O) groups excluding carboxylic acids is 2. The molecule has 1 saturated heterocycles. The maximum Gasteiger partial charge on any atom is 0.261 e. The Labute approximate surface area is 154 Å². The summed E-state index contributed by atoms with van der Waals surface area (Å²) in [6.45, 7) is 2.85. The molecule has 2 aromatic rings. The molecule has 1 aliphatic heterocycles. The molecule has 136 valence electrons. The van der Waals surface area contributed by atoms with Gasteiger partial charge in [-0.1, -0.05) is 48.5 Å². The second-order valence-corrected chi connectivity index (χ2v) is 6.47. The van der Waals surface area contributed by atoms with Gasteiger partial charge < -0.3 is 15.0 Å². The quantitative estimate of drug-likeness (QED) is 0.899. The van der Waals surface area contributed by atoms with E-state index in [-0.39, 0.29) is 18.4 Å². The molecule has 3 rings (SSSR count). The van der Waals surface area contributed by atoms with Crippen LogP contribution in [0.2, 0.25) is 0 Å². The average molecular weight is 352 g/mol. The van der Waals surface area contributed by atoms with E-state index in [0.29, 0.717) is 18.8 Å². The molecule has 5 heteroatoms. The largest absolute Gasteiger partial charge is 0.483 e. The molecule has 0 aliphatic carbocycles. The highest BCUT2D eigenvalue weighted by atomic mass is 16.5. The van der Waals surface area contributed by atoms with Crippen LogP contribution in [0.1, 0.15) is 24.5 Å². The zero-order valence-corrected chi connectivity index (χ0v) is 15.0. The molecule has 0 spiro atoms. The standard InChI is InChI=1S/C21H24N2O3/c1-16-21(25)22-12-7-13-23(16)20(24)15-26-19-11-6-5-10-18(19)14-17-8-3-2-4-9-17/h2-6,8-11,16H,7,12-15H2,1H3,(H,22,25). The van der Waals surface area contributed by atoms with Gasteiger partial charge in [0.2, 0.25) is 5.91 Å². The van der Waals surface area contributed by atoms with Gasteiger partial charge in [-0.05, 0) is 30.5 Å². The van der Waals surface area contributed by atoms with Crippen molar-refractivity contribution in [3.8, 4) is 5.75 Å². The Balaban J connectivity index is 1.66. The first kappa shape index (κ1) is 18.0. The van der Waals surface area contributed by atoms with E-state index in [4.69, 9.17) is 4.74 Å². The highest BCUT2D eigenvalue weighted by Gasteiger charge is 2.27. The summed E-state index contributed by atoms with van der Waals surface area (Å²) in [7, 11) is 0. The molecule has 0 aromatic heterocycles. The third kappa shape index (κ3) is 4.42. The van der Waals surface area contributed by atoms with E-state index in [9.17, 15) is 9.59 Å². The number of benzene rings is 2. The number of nitrogens with zero attached hydrogens (tertiary/aromatic N) is 1. The normalized spacial score (nSPS) is 17.3. The lowest BCUT2D eigenvalue weighted by Gasteiger charge is -2.25. The van der Waals surface area contributed by atoms with Crippen LogP contribution >= 0.6 is 0 Å². The lowest BCUT2D eigenvalue weighted by molar-refractivity contribution is -0.140. The van der Waals surface area contributed by atoms with E-state index in [2.05, 4.69) is 17.4 Å². The Morgan fingerprint density at radius 3 is 2.69 bits per heavy atom. The molecule has 1 unspecified atom stereocenters. The highest BCUT2D eigenvalue weighted by molar-refractivity contribution is 5.88. The molecule has 1 N–H and O–H groups in total. The van der Waals surface area contributed by atoms with Gasteiger partial charge in [-0.25, -0.2) is 0 Å². The van der Waals surface area contributed by atoms with Gasteiger partial charge in [-0.15, -0.1) is 0 Å². The highest BCUT2D eigenvalue weighted by Crippen LogP contribution is 2.21. The molecule has 2 aromatic carbocycles. The van der Waals surface area contributed by atoms with Crippen molar-refractivity contribution < 1.29 is 14.3 Å². The summed E-state index contributed by atoms with van der Waals surface area (Å²) in [5, 5.41) is 2.82. The van der Waals surface area contributed by atoms with Crippen LogP contribution in [0.25, 0.3) is 0 Å². The predicted molar refractivity (Wildman–Crippen MR) is 100.0 cm³/mol. The van der Waals surface area contributed by atoms with Gasteiger partial charge in [-0.2, -0.15) is 0 Å². The van der Waals surface area contributed by atoms with Crippen molar-refractivity contribution in [3.05, 3.63) is 65.7 Å². The Kier molecular flexibility index (Phi) is 5.89. The number of carbonyl (C=O) groups is 2. The van der Waals surface area contributed by atoms with Gasteiger partial charge in [0.05, 0.1) is 0 Å². The van der Waals surface area contributed by atoms with Crippen molar-refractivity contribution >= 4 is 11.8 Å². The summed E-state index contributed by atoms with van der Waals surface area (Å²) in [5.74, 6) is 0.432. The van der Waals surface area contributed by atoms with Crippen molar-refractivity contribution in [2.45, 2.75) is 25.8 Å². The van der Waals surface area contributed by atoms with Gasteiger partial charge in [-0.3, -0.25) is 9.59 Å². The number of hydrogen-bond donors (Lipinski definition) is 1. The summed E-state index contributed by atoms with van der Waals surface area (Å²) >= 11 is 0. The molecule has 1 heterocycles. The smallest absolute Gasteiger partial charge is 0.261 e. The molecule has 2 amide bonds. The van der Waals surface area contributed by atoms with E-state index in [1.807, 2.05) is 42.5 Å². The molecular weight excluding hydrogens is 328 g/mol. The van der Waals surface area contributed by atoms with Crippen molar-refractivity contribution in [2.75, 3.05) is 19.7 Å². The monoisotopic (exact) mass is 352 g/mol. The summed E-state index contributed by atoms with van der Waals surface area (Å²) in [6.07, 6.45) is 1.50. The molecule has 0 bridgehead atoms. The fourth-order valence-electron chi connectivity index (χ4n) is 3.11. The van der Waals surface area contributed by atoms with Crippen LogP contribution in [0.3, 0.4) is 0 Å². The van der Waals surface area contributed by atoms with Gasteiger partial charge in [0.25, 0.3) is 5.91 Å². The zero-order chi connectivity index (χ0) is 18.4. The first-order chi connectivity index (χ1) is 12.6. The van der Waals surface area contributed by atoms with Crippen LogP contribution in [-0.2, 0) is 16.0 Å². The third-order valence-corrected chi connectivity index (χ3v) is 4.60. The maximum atomic E-state index is 12.6. The van der Waals surface area contributed by atoms with Crippen molar-refractivity contribution in [1.29, 1.82) is 0 Å². The van der Waals surface area contributed by atoms with Crippen LogP contribution in [0.4, 0.5) is 0 Å². The zero-order valence-electron chi connectivity index (χ0n) is 15.0. The van der Waals surface area contributed by atoms with Crippen LogP contribution in [0.15, 0.2) is 54.6 Å². The van der Waals surface area contributed by atoms with Gasteiger partial charge in [0, 0.05) is 19.5 Å². The Bertz CT molecular complexity index is 761. The SMILES string of the molecule is CC1C(=O)NCCCN1C(=O)COc1ccccc1Cc1ccccc1. The topological polar surface area (TPSA) is 58.6 Å². The maximum absolute atomic E-state index is 12.6. The number of rotatable bonds is 5. The Morgan fingerprint density at radius 1 is 1.15 bits per heavy atom. The second-order valence-electron chi connectivity index (χ2n) is 6.47. The van der Waals surface area contributed by atoms with Crippen LogP contribution in [0, 0.1) is 0 Å². The first-order valence-corrected chi connectivity index (χ1v) is 8.97. The van der Waals surface area contributed by atoms with Crippen molar-refractivity contribution in [1.82, 2.24) is 10.2 Å². The summed E-state index contributed by atoms with van der Waals surface area (Å²) < 4.78 is 5.83. The minimum Gasteiger partial charge on any atom is -0.483 e. The number of nitrogens with one attached hydrogen (secondary N) is 1. The molecule has 0 radical (unpaired) electrons. The summed E-state index contributed by atoms with van der Waals surface area (Å²) in [5.41, 5.74) is 2.22. The van der Waals surface area contributed by atoms with E-state index < -0.39 is 6.04 Å². The summed E-state index contributed by atoms with van der Waals surface area (Å²) in [4.78, 5) is 26.1. The molecule has 0 saturated carbocycles. The minimum absolute atomic E-state index is 0.0660. The molecule has 1 fully saturated rings. The lowest BCUT2D eigenvalue weighted by atomic mass is 10.0. The van der Waals surface area contributed by atoms with Crippen LogP contribution in [-0.4, -0.2) is 42.5 Å². The van der Waals surface area contributed by atoms with Crippen molar-refractivity contribution in [2.24, 2.45) is 0 Å². The van der Waals surface area contributed by atoms with Gasteiger partial charge in [0.1, 0.15) is 11.8 Å². The molecular formula is C21H24N2O3. The number of para-hydroxylation sites is 1. The van der Waals surface area contributed by atoms with Crippen molar-refractivity contribution in [3.63, 3.8) is 0 Å². The van der Waals surface area contributed by atoms with Crippen LogP contribution < -0.4 is 10.1 Å². The second kappa shape index (κ2) is 8.52. The fourth-order valence-corrected chi connectivity index (χ4v) is 3.11. The van der Waals surface area contributed by atoms with E-state index in [1.54, 1.807) is 11.8 Å².